The zero-order valence-corrected chi connectivity index (χ0v) is 13.2. The third kappa shape index (κ3) is 2.29. The molecule has 0 unspecified atom stereocenters. The normalized spacial score (nSPS) is 11.3. The van der Waals surface area contributed by atoms with Crippen LogP contribution in [0.5, 0.6) is 0 Å². The van der Waals surface area contributed by atoms with Crippen LogP contribution < -0.4 is 0 Å². The van der Waals surface area contributed by atoms with Crippen LogP contribution in [0, 0.1) is 0 Å². The van der Waals surface area contributed by atoms with Gasteiger partial charge in [0.15, 0.2) is 0 Å². The summed E-state index contributed by atoms with van der Waals surface area (Å²) in [7, 11) is 0. The molecule has 0 amide bonds. The highest BCUT2D eigenvalue weighted by Gasteiger charge is 2.15. The Morgan fingerprint density at radius 2 is 1.87 bits per heavy atom. The van der Waals surface area contributed by atoms with Gasteiger partial charge in [0.1, 0.15) is 0 Å². The number of aryl methyl sites for hydroxylation is 1. The molecule has 0 N–H and O–H groups in total. The van der Waals surface area contributed by atoms with Gasteiger partial charge in [-0.3, -0.25) is 9.97 Å². The number of aromatic nitrogens is 3. The van der Waals surface area contributed by atoms with Crippen molar-refractivity contribution in [1.82, 2.24) is 14.5 Å². The summed E-state index contributed by atoms with van der Waals surface area (Å²) in [6, 6.07) is 14.8. The summed E-state index contributed by atoms with van der Waals surface area (Å²) in [6.07, 6.45) is 7.94. The number of hydrogen-bond donors (Lipinski definition) is 0. The Kier molecular flexibility index (Phi) is 3.54. The summed E-state index contributed by atoms with van der Waals surface area (Å²) in [5.74, 6) is 0. The largest absolute Gasteiger partial charge is 0.339 e. The summed E-state index contributed by atoms with van der Waals surface area (Å²) in [6.45, 7) is 3.24. The highest BCUT2D eigenvalue weighted by Crippen LogP contribution is 2.34. The van der Waals surface area contributed by atoms with Gasteiger partial charge in [-0.25, -0.2) is 0 Å². The van der Waals surface area contributed by atoms with E-state index >= 15 is 0 Å². The van der Waals surface area contributed by atoms with Gasteiger partial charge in [-0.2, -0.15) is 0 Å². The monoisotopic (exact) mass is 301 g/mol. The van der Waals surface area contributed by atoms with Crippen molar-refractivity contribution < 1.29 is 0 Å². The van der Waals surface area contributed by atoms with Crippen molar-refractivity contribution in [2.75, 3.05) is 0 Å². The molecule has 0 aliphatic rings. The number of nitrogens with zero attached hydrogens (tertiary/aromatic N) is 3. The molecule has 0 bridgehead atoms. The molecule has 0 aliphatic carbocycles. The maximum Gasteiger partial charge on any atom is 0.0960 e. The molecule has 0 fully saturated rings. The molecular weight excluding hydrogens is 282 g/mol. The van der Waals surface area contributed by atoms with E-state index in [-0.39, 0.29) is 0 Å². The SMILES string of the molecule is CCCCn1c2ccccc2c2ccnc(-c3cccnc3)c21. The van der Waals surface area contributed by atoms with E-state index in [2.05, 4.69) is 57.9 Å². The molecule has 4 rings (SSSR count). The van der Waals surface area contributed by atoms with Gasteiger partial charge in [-0.15, -0.1) is 0 Å². The standard InChI is InChI=1S/C20H19N3/c1-2-3-13-23-18-9-5-4-8-16(18)17-10-12-22-19(20(17)23)15-7-6-11-21-14-15/h4-12,14H,2-3,13H2,1H3. The number of pyridine rings is 2. The minimum atomic E-state index is 1.01. The lowest BCUT2D eigenvalue weighted by molar-refractivity contribution is 0.665. The van der Waals surface area contributed by atoms with Gasteiger partial charge < -0.3 is 4.57 Å². The third-order valence-corrected chi connectivity index (χ3v) is 4.35. The van der Waals surface area contributed by atoms with Crippen molar-refractivity contribution in [1.29, 1.82) is 0 Å². The van der Waals surface area contributed by atoms with Gasteiger partial charge in [-0.1, -0.05) is 31.5 Å². The van der Waals surface area contributed by atoms with E-state index < -0.39 is 0 Å². The second kappa shape index (κ2) is 5.84. The summed E-state index contributed by atoms with van der Waals surface area (Å²) in [5, 5.41) is 2.57. The van der Waals surface area contributed by atoms with E-state index in [4.69, 9.17) is 0 Å². The van der Waals surface area contributed by atoms with Gasteiger partial charge >= 0.3 is 0 Å². The maximum atomic E-state index is 4.68. The number of para-hydroxylation sites is 1. The van der Waals surface area contributed by atoms with Crippen LogP contribution in [0.2, 0.25) is 0 Å². The van der Waals surface area contributed by atoms with E-state index in [0.29, 0.717) is 0 Å². The lowest BCUT2D eigenvalue weighted by Crippen LogP contribution is -1.99. The summed E-state index contributed by atoms with van der Waals surface area (Å²) in [5.41, 5.74) is 4.59. The summed E-state index contributed by atoms with van der Waals surface area (Å²) in [4.78, 5) is 8.94. The highest BCUT2D eigenvalue weighted by atomic mass is 15.0. The number of benzene rings is 1. The quantitative estimate of drug-likeness (QED) is 0.528. The van der Waals surface area contributed by atoms with Crippen molar-refractivity contribution in [2.45, 2.75) is 26.3 Å². The Hall–Kier alpha value is -2.68. The Bertz CT molecular complexity index is 955. The van der Waals surface area contributed by atoms with Crippen molar-refractivity contribution in [3.05, 3.63) is 61.1 Å². The fraction of sp³-hybridized carbons (Fsp3) is 0.200. The predicted octanol–water partition coefficient (Wildman–Crippen LogP) is 5.05. The first kappa shape index (κ1) is 13.9. The van der Waals surface area contributed by atoms with Gasteiger partial charge in [0.25, 0.3) is 0 Å². The molecule has 0 spiro atoms. The fourth-order valence-electron chi connectivity index (χ4n) is 3.26. The molecule has 0 atom stereocenters. The Morgan fingerprint density at radius 1 is 0.957 bits per heavy atom. The van der Waals surface area contributed by atoms with Crippen LogP contribution in [0.3, 0.4) is 0 Å². The molecule has 0 saturated heterocycles. The van der Waals surface area contributed by atoms with Crippen LogP contribution in [-0.2, 0) is 6.54 Å². The molecule has 1 aromatic carbocycles. The smallest absolute Gasteiger partial charge is 0.0960 e. The second-order valence-corrected chi connectivity index (χ2v) is 5.82. The van der Waals surface area contributed by atoms with Crippen LogP contribution in [0.15, 0.2) is 61.1 Å². The molecular formula is C20H19N3. The van der Waals surface area contributed by atoms with E-state index in [1.807, 2.05) is 18.5 Å². The summed E-state index contributed by atoms with van der Waals surface area (Å²) < 4.78 is 2.42. The minimum Gasteiger partial charge on any atom is -0.339 e. The van der Waals surface area contributed by atoms with Crippen molar-refractivity contribution in [2.24, 2.45) is 0 Å². The van der Waals surface area contributed by atoms with Gasteiger partial charge in [0, 0.05) is 47.0 Å². The zero-order valence-electron chi connectivity index (χ0n) is 13.2. The fourth-order valence-corrected chi connectivity index (χ4v) is 3.26. The third-order valence-electron chi connectivity index (χ3n) is 4.35. The van der Waals surface area contributed by atoms with Crippen molar-refractivity contribution in [3.8, 4) is 11.3 Å². The van der Waals surface area contributed by atoms with Crippen molar-refractivity contribution in [3.63, 3.8) is 0 Å². The molecule has 0 aliphatic heterocycles. The molecule has 0 saturated carbocycles. The number of rotatable bonds is 4. The second-order valence-electron chi connectivity index (χ2n) is 5.82. The number of unbranched alkanes of at least 4 members (excludes halogenated alkanes) is 1. The number of hydrogen-bond acceptors (Lipinski definition) is 2. The molecule has 23 heavy (non-hydrogen) atoms. The van der Waals surface area contributed by atoms with Gasteiger partial charge in [0.2, 0.25) is 0 Å². The lowest BCUT2D eigenvalue weighted by atomic mass is 10.1. The van der Waals surface area contributed by atoms with Crippen LogP contribution in [0.25, 0.3) is 33.1 Å². The van der Waals surface area contributed by atoms with E-state index in [1.165, 1.54) is 28.2 Å². The molecule has 4 aromatic rings. The topological polar surface area (TPSA) is 30.7 Å². The van der Waals surface area contributed by atoms with E-state index in [9.17, 15) is 0 Å². The molecule has 3 heteroatoms. The number of fused-ring (bicyclic) bond motifs is 3. The molecule has 3 nitrogen and oxygen atoms in total. The Morgan fingerprint density at radius 3 is 2.70 bits per heavy atom. The molecule has 3 heterocycles. The average Bonchev–Trinajstić information content (AvgIpc) is 2.95. The lowest BCUT2D eigenvalue weighted by Gasteiger charge is -2.09. The first-order valence-electron chi connectivity index (χ1n) is 8.16. The van der Waals surface area contributed by atoms with E-state index in [0.717, 1.165) is 24.2 Å². The summed E-state index contributed by atoms with van der Waals surface area (Å²) >= 11 is 0. The Labute approximate surface area is 135 Å². The van der Waals surface area contributed by atoms with Crippen molar-refractivity contribution >= 4 is 21.8 Å². The molecule has 3 aromatic heterocycles. The first-order chi connectivity index (χ1) is 11.4. The molecule has 114 valence electrons. The maximum absolute atomic E-state index is 4.68. The highest BCUT2D eigenvalue weighted by molar-refractivity contribution is 6.11. The van der Waals surface area contributed by atoms with Crippen LogP contribution in [0.1, 0.15) is 19.8 Å². The average molecular weight is 301 g/mol. The van der Waals surface area contributed by atoms with Crippen LogP contribution in [0.4, 0.5) is 0 Å². The first-order valence-corrected chi connectivity index (χ1v) is 8.16. The van der Waals surface area contributed by atoms with Gasteiger partial charge in [0.05, 0.1) is 11.2 Å². The Balaban J connectivity index is 2.09. The predicted molar refractivity (Wildman–Crippen MR) is 95.4 cm³/mol. The van der Waals surface area contributed by atoms with Crippen LogP contribution in [-0.4, -0.2) is 14.5 Å². The van der Waals surface area contributed by atoms with Crippen LogP contribution >= 0.6 is 0 Å². The zero-order chi connectivity index (χ0) is 15.6. The molecule has 0 radical (unpaired) electrons. The minimum absolute atomic E-state index is 1.01. The van der Waals surface area contributed by atoms with E-state index in [1.54, 1.807) is 6.20 Å². The van der Waals surface area contributed by atoms with Gasteiger partial charge in [-0.05, 0) is 30.7 Å².